The predicted octanol–water partition coefficient (Wildman–Crippen LogP) is 4.19. The first-order valence-corrected chi connectivity index (χ1v) is 8.64. The lowest BCUT2D eigenvalue weighted by atomic mass is 10.2. The van der Waals surface area contributed by atoms with Gasteiger partial charge in [0.25, 0.3) is 0 Å². The third-order valence-electron chi connectivity index (χ3n) is 3.81. The fourth-order valence-electron chi connectivity index (χ4n) is 2.54. The molecule has 1 fully saturated rings. The molecule has 3 rings (SSSR count). The van der Waals surface area contributed by atoms with Crippen LogP contribution in [0.2, 0.25) is 0 Å². The second kappa shape index (κ2) is 7.27. The van der Waals surface area contributed by atoms with Gasteiger partial charge in [0.1, 0.15) is 5.82 Å². The van der Waals surface area contributed by atoms with Crippen LogP contribution < -0.4 is 10.6 Å². The maximum absolute atomic E-state index is 5.62. The van der Waals surface area contributed by atoms with Gasteiger partial charge in [-0.1, -0.05) is 22.0 Å². The second-order valence-electron chi connectivity index (χ2n) is 5.82. The lowest BCUT2D eigenvalue weighted by molar-refractivity contribution is 0.120. The van der Waals surface area contributed by atoms with E-state index in [0.29, 0.717) is 5.95 Å². The van der Waals surface area contributed by atoms with Crippen LogP contribution in [0.15, 0.2) is 28.7 Å². The van der Waals surface area contributed by atoms with Crippen LogP contribution in [0.3, 0.4) is 0 Å². The molecule has 1 aliphatic heterocycles. The monoisotopic (exact) mass is 376 g/mol. The zero-order valence-electron chi connectivity index (χ0n) is 13.4. The van der Waals surface area contributed by atoms with Gasteiger partial charge in [0.05, 0.1) is 6.10 Å². The minimum absolute atomic E-state index is 0.267. The van der Waals surface area contributed by atoms with Crippen LogP contribution in [-0.4, -0.2) is 29.2 Å². The highest BCUT2D eigenvalue weighted by Gasteiger charge is 2.15. The van der Waals surface area contributed by atoms with Crippen molar-refractivity contribution in [2.24, 2.45) is 0 Å². The van der Waals surface area contributed by atoms with Crippen molar-refractivity contribution >= 4 is 33.4 Å². The average molecular weight is 377 g/mol. The Morgan fingerprint density at radius 1 is 1.26 bits per heavy atom. The highest BCUT2D eigenvalue weighted by molar-refractivity contribution is 9.10. The van der Waals surface area contributed by atoms with Gasteiger partial charge in [0, 0.05) is 35.1 Å². The normalized spacial score (nSPS) is 17.3. The molecule has 0 radical (unpaired) electrons. The largest absolute Gasteiger partial charge is 0.376 e. The molecule has 1 atom stereocenters. The van der Waals surface area contributed by atoms with E-state index in [-0.39, 0.29) is 6.10 Å². The number of nitrogens with zero attached hydrogens (tertiary/aromatic N) is 2. The van der Waals surface area contributed by atoms with E-state index in [1.807, 2.05) is 25.1 Å². The summed E-state index contributed by atoms with van der Waals surface area (Å²) in [5, 5.41) is 6.61. The van der Waals surface area contributed by atoms with Crippen molar-refractivity contribution in [2.45, 2.75) is 32.8 Å². The highest BCUT2D eigenvalue weighted by Crippen LogP contribution is 2.23. The number of ether oxygens (including phenoxy) is 1. The Bertz CT molecular complexity index is 686. The van der Waals surface area contributed by atoms with Gasteiger partial charge in [0.15, 0.2) is 0 Å². The molecule has 1 unspecified atom stereocenters. The van der Waals surface area contributed by atoms with E-state index in [9.17, 15) is 0 Å². The number of nitrogens with one attached hydrogen (secondary N) is 2. The third-order valence-corrected chi connectivity index (χ3v) is 4.66. The van der Waals surface area contributed by atoms with Crippen LogP contribution in [0, 0.1) is 13.8 Å². The first kappa shape index (κ1) is 16.2. The SMILES string of the molecule is Cc1cc(Nc2ccc(C)c(Br)c2)nc(NCC2CCCO2)n1. The van der Waals surface area contributed by atoms with E-state index in [1.165, 1.54) is 5.56 Å². The fourth-order valence-corrected chi connectivity index (χ4v) is 2.92. The molecule has 1 aliphatic rings. The molecule has 0 bridgehead atoms. The molecule has 6 heteroatoms. The van der Waals surface area contributed by atoms with Crippen molar-refractivity contribution in [3.05, 3.63) is 40.0 Å². The molecule has 1 aromatic carbocycles. The molecule has 122 valence electrons. The highest BCUT2D eigenvalue weighted by atomic mass is 79.9. The molecule has 0 spiro atoms. The van der Waals surface area contributed by atoms with E-state index in [4.69, 9.17) is 4.74 Å². The van der Waals surface area contributed by atoms with E-state index in [1.54, 1.807) is 0 Å². The van der Waals surface area contributed by atoms with Crippen LogP contribution in [-0.2, 0) is 4.74 Å². The Morgan fingerprint density at radius 3 is 2.87 bits per heavy atom. The Morgan fingerprint density at radius 2 is 2.13 bits per heavy atom. The number of aromatic nitrogens is 2. The molecular weight excluding hydrogens is 356 g/mol. The van der Waals surface area contributed by atoms with Crippen LogP contribution >= 0.6 is 15.9 Å². The maximum atomic E-state index is 5.62. The third kappa shape index (κ3) is 4.42. The molecule has 2 aromatic rings. The summed E-state index contributed by atoms with van der Waals surface area (Å²) in [6, 6.07) is 8.09. The minimum Gasteiger partial charge on any atom is -0.376 e. The number of hydrogen-bond acceptors (Lipinski definition) is 5. The summed E-state index contributed by atoms with van der Waals surface area (Å²) in [4.78, 5) is 8.98. The van der Waals surface area contributed by atoms with Crippen molar-refractivity contribution in [1.29, 1.82) is 0 Å². The van der Waals surface area contributed by atoms with Crippen LogP contribution in [0.4, 0.5) is 17.5 Å². The van der Waals surface area contributed by atoms with E-state index >= 15 is 0 Å². The Balaban J connectivity index is 1.70. The lowest BCUT2D eigenvalue weighted by Gasteiger charge is -2.13. The van der Waals surface area contributed by atoms with E-state index in [0.717, 1.165) is 47.7 Å². The van der Waals surface area contributed by atoms with Crippen LogP contribution in [0.25, 0.3) is 0 Å². The Kier molecular flexibility index (Phi) is 5.13. The topological polar surface area (TPSA) is 59.1 Å². The van der Waals surface area contributed by atoms with Gasteiger partial charge >= 0.3 is 0 Å². The van der Waals surface area contributed by atoms with Crippen molar-refractivity contribution in [3.63, 3.8) is 0 Å². The average Bonchev–Trinajstić information content (AvgIpc) is 3.02. The van der Waals surface area contributed by atoms with Gasteiger partial charge in [-0.25, -0.2) is 4.98 Å². The zero-order valence-corrected chi connectivity index (χ0v) is 15.0. The molecule has 2 heterocycles. The maximum Gasteiger partial charge on any atom is 0.224 e. The molecule has 5 nitrogen and oxygen atoms in total. The first-order chi connectivity index (χ1) is 11.1. The van der Waals surface area contributed by atoms with Crippen LogP contribution in [0.1, 0.15) is 24.1 Å². The molecule has 0 amide bonds. The second-order valence-corrected chi connectivity index (χ2v) is 6.68. The Hall–Kier alpha value is -1.66. The molecule has 1 aromatic heterocycles. The summed E-state index contributed by atoms with van der Waals surface area (Å²) < 4.78 is 6.69. The zero-order chi connectivity index (χ0) is 16.2. The fraction of sp³-hybridized carbons (Fsp3) is 0.412. The number of aryl methyl sites for hydroxylation is 2. The van der Waals surface area contributed by atoms with Crippen LogP contribution in [0.5, 0.6) is 0 Å². The quantitative estimate of drug-likeness (QED) is 0.818. The lowest BCUT2D eigenvalue weighted by Crippen LogP contribution is -2.20. The first-order valence-electron chi connectivity index (χ1n) is 7.84. The molecule has 0 aliphatic carbocycles. The minimum atomic E-state index is 0.267. The van der Waals surface area contributed by atoms with Gasteiger partial charge in [-0.3, -0.25) is 0 Å². The summed E-state index contributed by atoms with van der Waals surface area (Å²) >= 11 is 3.55. The van der Waals surface area contributed by atoms with Gasteiger partial charge in [-0.15, -0.1) is 0 Å². The van der Waals surface area contributed by atoms with Gasteiger partial charge in [0.2, 0.25) is 5.95 Å². The molecule has 0 saturated carbocycles. The van der Waals surface area contributed by atoms with Crippen molar-refractivity contribution in [1.82, 2.24) is 9.97 Å². The Labute approximate surface area is 145 Å². The molecule has 1 saturated heterocycles. The number of hydrogen-bond donors (Lipinski definition) is 2. The number of halogens is 1. The predicted molar refractivity (Wildman–Crippen MR) is 96.4 cm³/mol. The summed E-state index contributed by atoms with van der Waals surface area (Å²) in [5.41, 5.74) is 3.11. The van der Waals surface area contributed by atoms with Gasteiger partial charge in [-0.05, 0) is 44.4 Å². The smallest absolute Gasteiger partial charge is 0.224 e. The van der Waals surface area contributed by atoms with Crippen molar-refractivity contribution in [3.8, 4) is 0 Å². The number of anilines is 3. The standard InChI is InChI=1S/C17H21BrN4O/c1-11-5-6-13(9-15(11)18)21-16-8-12(2)20-17(22-16)19-10-14-4-3-7-23-14/h5-6,8-9,14H,3-4,7,10H2,1-2H3,(H2,19,20,21,22). The number of benzene rings is 1. The molecule has 2 N–H and O–H groups in total. The molecular formula is C17H21BrN4O. The van der Waals surface area contributed by atoms with Gasteiger partial charge < -0.3 is 15.4 Å². The summed E-state index contributed by atoms with van der Waals surface area (Å²) in [5.74, 6) is 1.41. The van der Waals surface area contributed by atoms with Gasteiger partial charge in [-0.2, -0.15) is 4.98 Å². The van der Waals surface area contributed by atoms with E-state index in [2.05, 4.69) is 49.5 Å². The van der Waals surface area contributed by atoms with Crippen molar-refractivity contribution < 1.29 is 4.74 Å². The summed E-state index contributed by atoms with van der Waals surface area (Å²) in [6.07, 6.45) is 2.50. The van der Waals surface area contributed by atoms with E-state index < -0.39 is 0 Å². The van der Waals surface area contributed by atoms with Crippen molar-refractivity contribution in [2.75, 3.05) is 23.8 Å². The summed E-state index contributed by atoms with van der Waals surface area (Å²) in [7, 11) is 0. The summed E-state index contributed by atoms with van der Waals surface area (Å²) in [6.45, 7) is 5.64. The molecule has 23 heavy (non-hydrogen) atoms. The number of rotatable bonds is 5.